The normalized spacial score (nSPS) is 14.3. The van der Waals surface area contributed by atoms with Gasteiger partial charge in [-0.15, -0.1) is 0 Å². The first-order chi connectivity index (χ1) is 13.2. The number of nitrogens with one attached hydrogen (secondary N) is 2. The van der Waals surface area contributed by atoms with E-state index in [1.165, 1.54) is 24.3 Å². The average Bonchev–Trinajstić information content (AvgIpc) is 2.92. The van der Waals surface area contributed by atoms with Gasteiger partial charge in [0.05, 0.1) is 4.90 Å². The van der Waals surface area contributed by atoms with Gasteiger partial charge in [0.1, 0.15) is 0 Å². The number of hydrogen-bond acceptors (Lipinski definition) is 7. The first-order valence-corrected chi connectivity index (χ1v) is 9.76. The summed E-state index contributed by atoms with van der Waals surface area (Å²) in [5.41, 5.74) is 1.47. The average molecular weight is 403 g/mol. The zero-order chi connectivity index (χ0) is 20.5. The molecule has 0 unspecified atom stereocenters. The molecular formula is C17H17N5O5S. The van der Waals surface area contributed by atoms with E-state index in [9.17, 15) is 22.8 Å². The lowest BCUT2D eigenvalue weighted by Gasteiger charge is -2.13. The van der Waals surface area contributed by atoms with Crippen LogP contribution >= 0.6 is 0 Å². The van der Waals surface area contributed by atoms with Gasteiger partial charge in [-0.2, -0.15) is 0 Å². The smallest absolute Gasteiger partial charge is 0.307 e. The van der Waals surface area contributed by atoms with Crippen molar-refractivity contribution in [1.82, 2.24) is 14.9 Å². The molecule has 0 spiro atoms. The van der Waals surface area contributed by atoms with Crippen molar-refractivity contribution in [2.75, 3.05) is 10.0 Å². The molecule has 11 heteroatoms. The van der Waals surface area contributed by atoms with Crippen LogP contribution in [0.2, 0.25) is 0 Å². The van der Waals surface area contributed by atoms with Gasteiger partial charge in [0, 0.05) is 29.9 Å². The van der Waals surface area contributed by atoms with Gasteiger partial charge in [0.25, 0.3) is 10.0 Å². The van der Waals surface area contributed by atoms with E-state index in [1.54, 1.807) is 19.9 Å². The van der Waals surface area contributed by atoms with Crippen LogP contribution in [0.4, 0.5) is 16.4 Å². The zero-order valence-electron chi connectivity index (χ0n) is 15.1. The quantitative estimate of drug-likeness (QED) is 0.739. The third-order valence-electron chi connectivity index (χ3n) is 3.88. The second kappa shape index (κ2) is 7.35. The highest BCUT2D eigenvalue weighted by Crippen LogP contribution is 2.19. The lowest BCUT2D eigenvalue weighted by molar-refractivity contribution is -0.134. The molecule has 1 aliphatic heterocycles. The predicted octanol–water partition coefficient (Wildman–Crippen LogP) is 1.58. The molecule has 2 heterocycles. The van der Waals surface area contributed by atoms with Crippen LogP contribution < -0.4 is 10.0 Å². The van der Waals surface area contributed by atoms with Gasteiger partial charge < -0.3 is 5.32 Å². The van der Waals surface area contributed by atoms with Crippen molar-refractivity contribution < 1.29 is 22.8 Å². The summed E-state index contributed by atoms with van der Waals surface area (Å²) in [5.74, 6) is -1.18. The summed E-state index contributed by atoms with van der Waals surface area (Å²) < 4.78 is 27.3. The second-order valence-electron chi connectivity index (χ2n) is 6.16. The number of carbonyl (C=O) groups is 3. The van der Waals surface area contributed by atoms with E-state index in [0.29, 0.717) is 16.3 Å². The molecule has 3 rings (SSSR count). The fourth-order valence-electron chi connectivity index (χ4n) is 2.65. The monoisotopic (exact) mass is 403 g/mol. The SMILES string of the molecule is Cc1cc(C)nc(NS(=O)(=O)c2ccc(NC(=O)N3C(=O)CCC3=O)cc2)n1. The Morgan fingerprint density at radius 2 is 1.54 bits per heavy atom. The highest BCUT2D eigenvalue weighted by molar-refractivity contribution is 7.92. The number of aromatic nitrogens is 2. The van der Waals surface area contributed by atoms with Crippen LogP contribution in [-0.2, 0) is 19.6 Å². The minimum absolute atomic E-state index is 0.00436. The lowest BCUT2D eigenvalue weighted by atomic mass is 10.3. The fourth-order valence-corrected chi connectivity index (χ4v) is 3.59. The molecule has 1 saturated heterocycles. The molecule has 4 amide bonds. The summed E-state index contributed by atoms with van der Waals surface area (Å²) in [6, 6.07) is 6.08. The first-order valence-electron chi connectivity index (χ1n) is 8.28. The molecule has 1 aliphatic rings. The number of urea groups is 1. The number of imide groups is 3. The number of nitrogens with zero attached hydrogens (tertiary/aromatic N) is 3. The van der Waals surface area contributed by atoms with Crippen LogP contribution in [0, 0.1) is 13.8 Å². The minimum atomic E-state index is -3.93. The summed E-state index contributed by atoms with van der Waals surface area (Å²) in [6.07, 6.45) is -0.00871. The van der Waals surface area contributed by atoms with Crippen molar-refractivity contribution in [3.8, 4) is 0 Å². The van der Waals surface area contributed by atoms with Crippen molar-refractivity contribution in [3.05, 3.63) is 41.7 Å². The molecule has 146 valence electrons. The van der Waals surface area contributed by atoms with E-state index in [0.717, 1.165) is 0 Å². The summed E-state index contributed by atoms with van der Waals surface area (Å²) in [7, 11) is -3.93. The summed E-state index contributed by atoms with van der Waals surface area (Å²) in [4.78, 5) is 43.7. The number of rotatable bonds is 4. The van der Waals surface area contributed by atoms with Crippen molar-refractivity contribution in [3.63, 3.8) is 0 Å². The van der Waals surface area contributed by atoms with Gasteiger partial charge in [-0.1, -0.05) is 0 Å². The molecule has 2 aromatic rings. The molecule has 28 heavy (non-hydrogen) atoms. The van der Waals surface area contributed by atoms with Gasteiger partial charge in [-0.05, 0) is 44.2 Å². The predicted molar refractivity (Wildman–Crippen MR) is 98.9 cm³/mol. The van der Waals surface area contributed by atoms with Gasteiger partial charge >= 0.3 is 6.03 Å². The topological polar surface area (TPSA) is 138 Å². The van der Waals surface area contributed by atoms with E-state index in [4.69, 9.17) is 0 Å². The summed E-state index contributed by atoms with van der Waals surface area (Å²) >= 11 is 0. The number of likely N-dealkylation sites (tertiary alicyclic amines) is 1. The number of sulfonamides is 1. The van der Waals surface area contributed by atoms with Gasteiger partial charge in [0.15, 0.2) is 0 Å². The number of anilines is 2. The van der Waals surface area contributed by atoms with E-state index in [-0.39, 0.29) is 29.4 Å². The molecule has 0 bridgehead atoms. The molecule has 0 saturated carbocycles. The molecular weight excluding hydrogens is 386 g/mol. The van der Waals surface area contributed by atoms with Crippen LogP contribution in [-0.4, -0.2) is 41.1 Å². The van der Waals surface area contributed by atoms with Crippen LogP contribution in [0.1, 0.15) is 24.2 Å². The Labute approximate surface area is 161 Å². The lowest BCUT2D eigenvalue weighted by Crippen LogP contribution is -2.38. The molecule has 0 aliphatic carbocycles. The molecule has 10 nitrogen and oxygen atoms in total. The Morgan fingerprint density at radius 1 is 1.00 bits per heavy atom. The molecule has 1 aromatic heterocycles. The van der Waals surface area contributed by atoms with Crippen LogP contribution in [0.25, 0.3) is 0 Å². The maximum atomic E-state index is 12.5. The number of amides is 4. The van der Waals surface area contributed by atoms with Gasteiger partial charge in [-0.3, -0.25) is 9.59 Å². The molecule has 0 radical (unpaired) electrons. The van der Waals surface area contributed by atoms with E-state index in [1.807, 2.05) is 0 Å². The fraction of sp³-hybridized carbons (Fsp3) is 0.235. The molecule has 2 N–H and O–H groups in total. The van der Waals surface area contributed by atoms with Crippen molar-refractivity contribution in [2.45, 2.75) is 31.6 Å². The minimum Gasteiger partial charge on any atom is -0.307 e. The zero-order valence-corrected chi connectivity index (χ0v) is 15.9. The van der Waals surface area contributed by atoms with Crippen molar-refractivity contribution >= 4 is 39.5 Å². The second-order valence-corrected chi connectivity index (χ2v) is 7.84. The summed E-state index contributed by atoms with van der Waals surface area (Å²) in [6.45, 7) is 3.44. The number of aryl methyl sites for hydroxylation is 2. The number of benzene rings is 1. The number of hydrogen-bond donors (Lipinski definition) is 2. The Bertz CT molecular complexity index is 1030. The Morgan fingerprint density at radius 3 is 2.07 bits per heavy atom. The van der Waals surface area contributed by atoms with E-state index >= 15 is 0 Å². The molecule has 0 atom stereocenters. The third-order valence-corrected chi connectivity index (χ3v) is 5.22. The van der Waals surface area contributed by atoms with E-state index in [2.05, 4.69) is 20.0 Å². The van der Waals surface area contributed by atoms with Crippen molar-refractivity contribution in [1.29, 1.82) is 0 Å². The maximum absolute atomic E-state index is 12.5. The van der Waals surface area contributed by atoms with Crippen LogP contribution in [0.15, 0.2) is 35.2 Å². The third kappa shape index (κ3) is 4.14. The number of carbonyl (C=O) groups excluding carboxylic acids is 3. The van der Waals surface area contributed by atoms with Crippen LogP contribution in [0.3, 0.4) is 0 Å². The Balaban J connectivity index is 1.73. The van der Waals surface area contributed by atoms with Crippen LogP contribution in [0.5, 0.6) is 0 Å². The Kier molecular flexibility index (Phi) is 5.10. The molecule has 1 aromatic carbocycles. The molecule has 1 fully saturated rings. The highest BCUT2D eigenvalue weighted by atomic mass is 32.2. The Hall–Kier alpha value is -3.34. The first kappa shape index (κ1) is 19.4. The largest absolute Gasteiger partial charge is 0.335 e. The van der Waals surface area contributed by atoms with Gasteiger partial charge in [0.2, 0.25) is 17.8 Å². The summed E-state index contributed by atoms with van der Waals surface area (Å²) in [5, 5.41) is 2.39. The maximum Gasteiger partial charge on any atom is 0.335 e. The standard InChI is InChI=1S/C17H17N5O5S/c1-10-9-11(2)19-16(18-10)21-28(26,27)13-5-3-12(4-6-13)20-17(25)22-14(23)7-8-15(22)24/h3-6,9H,7-8H2,1-2H3,(H,20,25)(H,18,19,21). The highest BCUT2D eigenvalue weighted by Gasteiger charge is 2.34. The van der Waals surface area contributed by atoms with E-state index < -0.39 is 27.9 Å². The van der Waals surface area contributed by atoms with Crippen molar-refractivity contribution in [2.24, 2.45) is 0 Å². The van der Waals surface area contributed by atoms with Gasteiger partial charge in [-0.25, -0.2) is 32.8 Å².